The van der Waals surface area contributed by atoms with Crippen molar-refractivity contribution in [3.8, 4) is 0 Å². The van der Waals surface area contributed by atoms with E-state index in [0.717, 1.165) is 10.9 Å². The summed E-state index contributed by atoms with van der Waals surface area (Å²) in [6.07, 6.45) is 0. The molecule has 3 aromatic carbocycles. The van der Waals surface area contributed by atoms with E-state index < -0.39 is 0 Å². The molecule has 0 aromatic heterocycles. The van der Waals surface area contributed by atoms with E-state index in [2.05, 4.69) is 76.2 Å². The molecule has 0 aliphatic rings. The fourth-order valence-corrected chi connectivity index (χ4v) is 3.86. The van der Waals surface area contributed by atoms with Crippen LogP contribution in [0.25, 0.3) is 0 Å². The number of hydrogen-bond donors (Lipinski definition) is 0. The van der Waals surface area contributed by atoms with Gasteiger partial charge >= 0.3 is 0 Å². The molecule has 3 rings (SSSR count). The topological polar surface area (TPSA) is 0 Å². The zero-order valence-electron chi connectivity index (χ0n) is 21.4. The molecule has 0 amide bonds. The Balaban J connectivity index is 0.00000121. The molecule has 3 aromatic rings. The summed E-state index contributed by atoms with van der Waals surface area (Å²) in [5.41, 5.74) is 7.04. The number of benzene rings is 3. The third kappa shape index (κ3) is 7.44. The average Bonchev–Trinajstić information content (AvgIpc) is 2.86. The molecule has 0 nitrogen and oxygen atoms in total. The van der Waals surface area contributed by atoms with E-state index >= 15 is 0 Å². The van der Waals surface area contributed by atoms with Crippen LogP contribution in [0.3, 0.4) is 0 Å². The zero-order valence-corrected chi connectivity index (χ0v) is 21.4. The van der Waals surface area contributed by atoms with E-state index in [1.165, 1.54) is 22.3 Å². The maximum absolute atomic E-state index is 5.83. The van der Waals surface area contributed by atoms with E-state index in [9.17, 15) is 0 Å². The van der Waals surface area contributed by atoms with E-state index in [4.69, 9.17) is 15.7 Å². The molecule has 166 valence electrons. The molecule has 0 aliphatic heterocycles. The Morgan fingerprint density at radius 1 is 0.375 bits per heavy atom. The fraction of sp³-hybridized carbons (Fsp3) is 0.400. The Labute approximate surface area is 200 Å². The monoisotopic (exact) mass is 422 g/mol. The molecule has 0 bridgehead atoms. The lowest BCUT2D eigenvalue weighted by molar-refractivity contribution is 0.614. The van der Waals surface area contributed by atoms with E-state index in [1.54, 1.807) is 0 Å². The second-order valence-corrected chi connectivity index (χ2v) is 8.15. The standard InChI is InChI=1S/C26H28B2.2C2H6/c1-17(19(3)23-9-13-25(27)14-10-23)21-5-7-22(8-6-21)18(2)20(4)24-11-15-26(28)16-12-24;2*1-2/h5-20H,1-4H3;2*1-2H3. The molecule has 32 heavy (non-hydrogen) atoms. The Kier molecular flexibility index (Phi) is 12.2. The molecule has 4 unspecified atom stereocenters. The molecule has 0 spiro atoms. The third-order valence-corrected chi connectivity index (χ3v) is 6.41. The highest BCUT2D eigenvalue weighted by molar-refractivity contribution is 6.32. The van der Waals surface area contributed by atoms with Crippen LogP contribution >= 0.6 is 0 Å². The van der Waals surface area contributed by atoms with Crippen LogP contribution in [0.1, 0.15) is 101 Å². The average molecular weight is 422 g/mol. The van der Waals surface area contributed by atoms with Gasteiger partial charge in [-0.2, -0.15) is 0 Å². The van der Waals surface area contributed by atoms with Gasteiger partial charge < -0.3 is 0 Å². The van der Waals surface area contributed by atoms with Crippen LogP contribution in [0.4, 0.5) is 0 Å². The largest absolute Gasteiger partial charge is 0.113 e. The SMILES string of the molecule is CC.CC.[B]c1ccc(C(C)C(C)c2ccc(C(C)C(C)c3ccc([B])cc3)cc2)cc1. The maximum Gasteiger partial charge on any atom is 0.113 e. The van der Waals surface area contributed by atoms with Crippen LogP contribution in [0, 0.1) is 0 Å². The normalized spacial score (nSPS) is 14.0. The van der Waals surface area contributed by atoms with E-state index in [0.29, 0.717) is 23.7 Å². The van der Waals surface area contributed by atoms with Crippen LogP contribution in [0.15, 0.2) is 72.8 Å². The van der Waals surface area contributed by atoms with Gasteiger partial charge in [-0.1, -0.05) is 139 Å². The molecular formula is C30H40B2. The summed E-state index contributed by atoms with van der Waals surface area (Å²) in [4.78, 5) is 0. The predicted molar refractivity (Wildman–Crippen MR) is 146 cm³/mol. The summed E-state index contributed by atoms with van der Waals surface area (Å²) in [5, 5.41) is 0. The van der Waals surface area contributed by atoms with Crippen molar-refractivity contribution in [3.05, 3.63) is 95.1 Å². The Morgan fingerprint density at radius 3 is 0.719 bits per heavy atom. The number of rotatable bonds is 6. The molecular weight excluding hydrogens is 382 g/mol. The minimum absolute atomic E-state index is 0.442. The molecule has 0 saturated carbocycles. The van der Waals surface area contributed by atoms with Gasteiger partial charge in [-0.25, -0.2) is 0 Å². The second-order valence-electron chi connectivity index (χ2n) is 8.15. The fourth-order valence-electron chi connectivity index (χ4n) is 3.86. The molecule has 0 fully saturated rings. The smallest absolute Gasteiger partial charge is 0.0967 e. The first kappa shape index (κ1) is 27.8. The van der Waals surface area contributed by atoms with Crippen LogP contribution in [-0.4, -0.2) is 15.7 Å². The molecule has 2 heteroatoms. The summed E-state index contributed by atoms with van der Waals surface area (Å²) in [7, 11) is 11.7. The van der Waals surface area contributed by atoms with Crippen molar-refractivity contribution < 1.29 is 0 Å². The summed E-state index contributed by atoms with van der Waals surface area (Å²) in [5.74, 6) is 1.78. The summed E-state index contributed by atoms with van der Waals surface area (Å²) in [6.45, 7) is 17.2. The minimum atomic E-state index is 0.442. The van der Waals surface area contributed by atoms with Crippen molar-refractivity contribution in [2.75, 3.05) is 0 Å². The van der Waals surface area contributed by atoms with Gasteiger partial charge in [0.25, 0.3) is 0 Å². The summed E-state index contributed by atoms with van der Waals surface area (Å²) >= 11 is 0. The molecule has 0 N–H and O–H groups in total. The predicted octanol–water partition coefficient (Wildman–Crippen LogP) is 7.14. The molecule has 0 heterocycles. The Morgan fingerprint density at radius 2 is 0.531 bits per heavy atom. The summed E-state index contributed by atoms with van der Waals surface area (Å²) in [6, 6.07) is 25.7. The third-order valence-electron chi connectivity index (χ3n) is 6.41. The Bertz CT molecular complexity index is 803. The highest BCUT2D eigenvalue weighted by Crippen LogP contribution is 2.35. The van der Waals surface area contributed by atoms with Gasteiger partial charge in [-0.05, 0) is 45.9 Å². The first-order valence-electron chi connectivity index (χ1n) is 12.2. The van der Waals surface area contributed by atoms with Gasteiger partial charge in [0.1, 0.15) is 15.7 Å². The van der Waals surface area contributed by atoms with Crippen LogP contribution in [-0.2, 0) is 0 Å². The lowest BCUT2D eigenvalue weighted by atomic mass is 9.80. The van der Waals surface area contributed by atoms with Crippen molar-refractivity contribution in [1.82, 2.24) is 0 Å². The quantitative estimate of drug-likeness (QED) is 0.371. The van der Waals surface area contributed by atoms with Gasteiger partial charge in [0.05, 0.1) is 0 Å². The van der Waals surface area contributed by atoms with Gasteiger partial charge in [-0.3, -0.25) is 0 Å². The molecule has 4 atom stereocenters. The first-order valence-corrected chi connectivity index (χ1v) is 12.2. The lowest BCUT2D eigenvalue weighted by Crippen LogP contribution is -2.09. The van der Waals surface area contributed by atoms with Gasteiger partial charge in [0.2, 0.25) is 0 Å². The number of hydrogen-bond acceptors (Lipinski definition) is 0. The molecule has 0 saturated heterocycles. The van der Waals surface area contributed by atoms with Gasteiger partial charge in [-0.15, -0.1) is 0 Å². The molecule has 0 aliphatic carbocycles. The first-order chi connectivity index (χ1) is 15.4. The molecule has 4 radical (unpaired) electrons. The van der Waals surface area contributed by atoms with Crippen molar-refractivity contribution in [1.29, 1.82) is 0 Å². The second kappa shape index (κ2) is 14.0. The maximum atomic E-state index is 5.83. The van der Waals surface area contributed by atoms with Crippen molar-refractivity contribution >= 4 is 26.6 Å². The summed E-state index contributed by atoms with van der Waals surface area (Å²) < 4.78 is 0. The van der Waals surface area contributed by atoms with Crippen LogP contribution in [0.5, 0.6) is 0 Å². The Hall–Kier alpha value is -2.21. The minimum Gasteiger partial charge on any atom is -0.0967 e. The van der Waals surface area contributed by atoms with Crippen LogP contribution < -0.4 is 10.9 Å². The zero-order chi connectivity index (χ0) is 24.3. The van der Waals surface area contributed by atoms with Crippen molar-refractivity contribution in [2.45, 2.75) is 79.1 Å². The van der Waals surface area contributed by atoms with E-state index in [-0.39, 0.29) is 0 Å². The highest BCUT2D eigenvalue weighted by atomic mass is 14.2. The highest BCUT2D eigenvalue weighted by Gasteiger charge is 2.19. The van der Waals surface area contributed by atoms with E-state index in [1.807, 2.05) is 52.0 Å². The van der Waals surface area contributed by atoms with Gasteiger partial charge in [0.15, 0.2) is 0 Å². The van der Waals surface area contributed by atoms with Crippen molar-refractivity contribution in [3.63, 3.8) is 0 Å². The lowest BCUT2D eigenvalue weighted by Gasteiger charge is -2.24. The van der Waals surface area contributed by atoms with Crippen molar-refractivity contribution in [2.24, 2.45) is 0 Å². The van der Waals surface area contributed by atoms with Gasteiger partial charge in [0, 0.05) is 0 Å². The van der Waals surface area contributed by atoms with Crippen LogP contribution in [0.2, 0.25) is 0 Å².